The van der Waals surface area contributed by atoms with E-state index >= 15 is 0 Å². The molecule has 0 saturated carbocycles. The van der Waals surface area contributed by atoms with E-state index in [4.69, 9.17) is 9.88 Å². The summed E-state index contributed by atoms with van der Waals surface area (Å²) in [5.74, 6) is 0.265. The third kappa shape index (κ3) is 4.54. The number of hydrogen-bond donors (Lipinski definition) is 2. The number of primary sulfonamides is 1. The topological polar surface area (TPSA) is 98.5 Å². The van der Waals surface area contributed by atoms with Crippen molar-refractivity contribution in [1.82, 2.24) is 5.32 Å². The van der Waals surface area contributed by atoms with E-state index in [-0.39, 0.29) is 17.3 Å². The molecule has 0 aromatic heterocycles. The molecular weight excluding hydrogens is 316 g/mol. The summed E-state index contributed by atoms with van der Waals surface area (Å²) in [4.78, 5) is 12.3. The number of para-hydroxylation sites is 1. The molecule has 0 atom stereocenters. The number of sulfonamides is 1. The van der Waals surface area contributed by atoms with Crippen LogP contribution in [0, 0.1) is 0 Å². The van der Waals surface area contributed by atoms with Crippen LogP contribution < -0.4 is 15.2 Å². The monoisotopic (exact) mass is 334 g/mol. The highest BCUT2D eigenvalue weighted by molar-refractivity contribution is 7.89. The average Bonchev–Trinajstić information content (AvgIpc) is 2.53. The second-order valence-electron chi connectivity index (χ2n) is 4.80. The van der Waals surface area contributed by atoms with E-state index < -0.39 is 10.0 Å². The van der Waals surface area contributed by atoms with Crippen LogP contribution >= 0.6 is 0 Å². The van der Waals surface area contributed by atoms with E-state index in [9.17, 15) is 13.2 Å². The highest BCUT2D eigenvalue weighted by Gasteiger charge is 2.12. The molecular formula is C16H18N2O4S. The lowest BCUT2D eigenvalue weighted by molar-refractivity contribution is 0.0947. The van der Waals surface area contributed by atoms with Gasteiger partial charge in [0, 0.05) is 6.54 Å². The summed E-state index contributed by atoms with van der Waals surface area (Å²) in [5.41, 5.74) is 1.22. The molecule has 2 aromatic carbocycles. The summed E-state index contributed by atoms with van der Waals surface area (Å²) in [6.45, 7) is 2.59. The number of carbonyl (C=O) groups excluding carboxylic acids is 1. The predicted octanol–water partition coefficient (Wildman–Crippen LogP) is 1.66. The number of carbonyl (C=O) groups is 1. The minimum atomic E-state index is -3.71. The van der Waals surface area contributed by atoms with Crippen LogP contribution in [-0.2, 0) is 16.6 Å². The van der Waals surface area contributed by atoms with E-state index in [1.165, 1.54) is 12.1 Å². The van der Waals surface area contributed by atoms with Gasteiger partial charge in [-0.15, -0.1) is 0 Å². The highest BCUT2D eigenvalue weighted by Crippen LogP contribution is 2.18. The molecule has 0 aliphatic rings. The number of hydrogen-bond acceptors (Lipinski definition) is 4. The molecule has 122 valence electrons. The molecule has 2 rings (SSSR count). The van der Waals surface area contributed by atoms with Gasteiger partial charge in [-0.05, 0) is 36.8 Å². The Morgan fingerprint density at radius 3 is 2.39 bits per heavy atom. The van der Waals surface area contributed by atoms with Gasteiger partial charge < -0.3 is 10.1 Å². The molecule has 2 aromatic rings. The van der Waals surface area contributed by atoms with Gasteiger partial charge in [0.05, 0.1) is 17.1 Å². The summed E-state index contributed by atoms with van der Waals surface area (Å²) in [6, 6.07) is 13.0. The number of nitrogens with one attached hydrogen (secondary N) is 1. The molecule has 7 heteroatoms. The van der Waals surface area contributed by atoms with Crippen LogP contribution in [-0.4, -0.2) is 20.9 Å². The van der Waals surface area contributed by atoms with Crippen LogP contribution in [0.5, 0.6) is 5.75 Å². The van der Waals surface area contributed by atoms with E-state index in [2.05, 4.69) is 5.32 Å². The van der Waals surface area contributed by atoms with Crippen LogP contribution in [0.15, 0.2) is 53.4 Å². The van der Waals surface area contributed by atoms with Gasteiger partial charge in [0.15, 0.2) is 0 Å². The van der Waals surface area contributed by atoms with Gasteiger partial charge in [0.25, 0.3) is 5.91 Å². The predicted molar refractivity (Wildman–Crippen MR) is 86.6 cm³/mol. The van der Waals surface area contributed by atoms with Crippen molar-refractivity contribution in [2.45, 2.75) is 18.4 Å². The minimum absolute atomic E-state index is 0.0364. The van der Waals surface area contributed by atoms with Gasteiger partial charge in [-0.2, -0.15) is 0 Å². The number of rotatable bonds is 6. The maximum Gasteiger partial charge on any atom is 0.255 e. The first kappa shape index (κ1) is 17.0. The quantitative estimate of drug-likeness (QED) is 0.839. The maximum atomic E-state index is 12.2. The van der Waals surface area contributed by atoms with Gasteiger partial charge >= 0.3 is 0 Å². The first-order chi connectivity index (χ1) is 10.9. The van der Waals surface area contributed by atoms with Crippen LogP contribution in [0.4, 0.5) is 0 Å². The molecule has 0 aliphatic carbocycles. The Hall–Kier alpha value is -2.38. The lowest BCUT2D eigenvalue weighted by Crippen LogP contribution is -2.23. The molecule has 0 heterocycles. The normalized spacial score (nSPS) is 11.0. The standard InChI is InChI=1S/C16H18N2O4S/c1-2-22-15-6-4-3-5-14(15)16(19)18-11-12-7-9-13(10-8-12)23(17,20)21/h3-10H,2,11H2,1H3,(H,18,19)(H2,17,20,21). The second-order valence-corrected chi connectivity index (χ2v) is 6.36. The van der Waals surface area contributed by atoms with Crippen LogP contribution in [0.1, 0.15) is 22.8 Å². The van der Waals surface area contributed by atoms with Crippen molar-refractivity contribution >= 4 is 15.9 Å². The minimum Gasteiger partial charge on any atom is -0.493 e. The van der Waals surface area contributed by atoms with Gasteiger partial charge in [0.2, 0.25) is 10.0 Å². The summed E-state index contributed by atoms with van der Waals surface area (Å²) in [5, 5.41) is 7.81. The molecule has 3 N–H and O–H groups in total. The molecule has 0 saturated heterocycles. The van der Waals surface area contributed by atoms with Gasteiger partial charge in [-0.1, -0.05) is 24.3 Å². The van der Waals surface area contributed by atoms with Gasteiger partial charge in [-0.25, -0.2) is 13.6 Å². The fourth-order valence-corrected chi connectivity index (χ4v) is 2.53. The summed E-state index contributed by atoms with van der Waals surface area (Å²) in [7, 11) is -3.71. The van der Waals surface area contributed by atoms with E-state index in [1.807, 2.05) is 6.92 Å². The number of ether oxygens (including phenoxy) is 1. The molecule has 0 spiro atoms. The largest absolute Gasteiger partial charge is 0.493 e. The first-order valence-electron chi connectivity index (χ1n) is 7.03. The van der Waals surface area contributed by atoms with Crippen molar-refractivity contribution in [3.63, 3.8) is 0 Å². The molecule has 0 fully saturated rings. The SMILES string of the molecule is CCOc1ccccc1C(=O)NCc1ccc(S(N)(=O)=O)cc1. The Kier molecular flexibility index (Phi) is 5.36. The second kappa shape index (κ2) is 7.26. The average molecular weight is 334 g/mol. The van der Waals surface area contributed by atoms with Gasteiger partial charge in [0.1, 0.15) is 5.75 Å². The Morgan fingerprint density at radius 2 is 1.78 bits per heavy atom. The summed E-state index contributed by atoms with van der Waals surface area (Å²) in [6.07, 6.45) is 0. The molecule has 0 unspecified atom stereocenters. The van der Waals surface area contributed by atoms with Crippen molar-refractivity contribution < 1.29 is 17.9 Å². The van der Waals surface area contributed by atoms with Crippen molar-refractivity contribution in [2.24, 2.45) is 5.14 Å². The number of benzene rings is 2. The third-order valence-corrected chi connectivity index (χ3v) is 4.07. The van der Waals surface area contributed by atoms with E-state index in [0.717, 1.165) is 5.56 Å². The number of nitrogens with two attached hydrogens (primary N) is 1. The number of amides is 1. The Bertz CT molecular complexity index is 786. The van der Waals surface area contributed by atoms with E-state index in [0.29, 0.717) is 17.9 Å². The van der Waals surface area contributed by atoms with Gasteiger partial charge in [-0.3, -0.25) is 4.79 Å². The van der Waals surface area contributed by atoms with E-state index in [1.54, 1.807) is 36.4 Å². The lowest BCUT2D eigenvalue weighted by atomic mass is 10.1. The fourth-order valence-electron chi connectivity index (χ4n) is 2.01. The van der Waals surface area contributed by atoms with Crippen molar-refractivity contribution in [3.8, 4) is 5.75 Å². The molecule has 0 radical (unpaired) electrons. The Balaban J connectivity index is 2.05. The van der Waals surface area contributed by atoms with Crippen LogP contribution in [0.3, 0.4) is 0 Å². The Morgan fingerprint density at radius 1 is 1.13 bits per heavy atom. The maximum absolute atomic E-state index is 12.2. The van der Waals surface area contributed by atoms with Crippen molar-refractivity contribution in [1.29, 1.82) is 0 Å². The lowest BCUT2D eigenvalue weighted by Gasteiger charge is -2.10. The molecule has 1 amide bonds. The zero-order valence-corrected chi connectivity index (χ0v) is 13.5. The zero-order chi connectivity index (χ0) is 16.9. The third-order valence-electron chi connectivity index (χ3n) is 3.14. The zero-order valence-electron chi connectivity index (χ0n) is 12.7. The molecule has 23 heavy (non-hydrogen) atoms. The summed E-state index contributed by atoms with van der Waals surface area (Å²) >= 11 is 0. The molecule has 0 aliphatic heterocycles. The van der Waals surface area contributed by atoms with Crippen LogP contribution in [0.25, 0.3) is 0 Å². The molecule has 6 nitrogen and oxygen atoms in total. The Labute approximate surface area is 135 Å². The summed E-state index contributed by atoms with van der Waals surface area (Å²) < 4.78 is 27.8. The fraction of sp³-hybridized carbons (Fsp3) is 0.188. The highest BCUT2D eigenvalue weighted by atomic mass is 32.2. The van der Waals surface area contributed by atoms with Crippen molar-refractivity contribution in [2.75, 3.05) is 6.61 Å². The smallest absolute Gasteiger partial charge is 0.255 e. The molecule has 0 bridgehead atoms. The first-order valence-corrected chi connectivity index (χ1v) is 8.58. The van der Waals surface area contributed by atoms with Crippen molar-refractivity contribution in [3.05, 3.63) is 59.7 Å². The van der Waals surface area contributed by atoms with Crippen LogP contribution in [0.2, 0.25) is 0 Å².